The molecule has 0 saturated carbocycles. The SMILES string of the molecule is O=C(N[C@H](OC[C@H]1CCCN2CCCC[C@H]12)C(Cl)(Cl)Cl)c1cccc(Cl)c1. The maximum Gasteiger partial charge on any atom is 0.253 e. The van der Waals surface area contributed by atoms with Crippen LogP contribution in [0, 0.1) is 5.92 Å². The van der Waals surface area contributed by atoms with Gasteiger partial charge < -0.3 is 15.0 Å². The molecule has 1 aromatic carbocycles. The fraction of sp³-hybridized carbons (Fsp3) is 0.632. The molecule has 0 bridgehead atoms. The lowest BCUT2D eigenvalue weighted by Crippen LogP contribution is -2.51. The highest BCUT2D eigenvalue weighted by atomic mass is 35.6. The van der Waals surface area contributed by atoms with Gasteiger partial charge in [0.1, 0.15) is 0 Å². The lowest BCUT2D eigenvalue weighted by molar-refractivity contribution is -0.0325. The fourth-order valence-corrected chi connectivity index (χ4v) is 4.58. The van der Waals surface area contributed by atoms with Crippen molar-refractivity contribution in [2.45, 2.75) is 48.2 Å². The summed E-state index contributed by atoms with van der Waals surface area (Å²) in [4.78, 5) is 15.1. The summed E-state index contributed by atoms with van der Waals surface area (Å²) in [5.74, 6) is -0.00580. The quantitative estimate of drug-likeness (QED) is 0.501. The number of nitrogens with zero attached hydrogens (tertiary/aromatic N) is 1. The second-order valence-corrected chi connectivity index (χ2v) is 10.0. The van der Waals surface area contributed by atoms with Crippen LogP contribution in [0.1, 0.15) is 42.5 Å². The molecular weight excluding hydrogens is 430 g/mol. The monoisotopic (exact) mass is 452 g/mol. The highest BCUT2D eigenvalue weighted by Crippen LogP contribution is 2.34. The molecule has 0 spiro atoms. The third-order valence-electron chi connectivity index (χ3n) is 5.35. The lowest BCUT2D eigenvalue weighted by Gasteiger charge is -2.44. The molecule has 27 heavy (non-hydrogen) atoms. The van der Waals surface area contributed by atoms with Gasteiger partial charge in [-0.05, 0) is 62.9 Å². The summed E-state index contributed by atoms with van der Waals surface area (Å²) in [6, 6.07) is 7.13. The minimum absolute atomic E-state index is 0.386. The Balaban J connectivity index is 1.62. The molecule has 3 atom stereocenters. The van der Waals surface area contributed by atoms with Crippen molar-refractivity contribution in [1.82, 2.24) is 10.2 Å². The maximum absolute atomic E-state index is 12.5. The average molecular weight is 454 g/mol. The molecule has 2 fully saturated rings. The number of ether oxygens (including phenoxy) is 1. The van der Waals surface area contributed by atoms with E-state index < -0.39 is 15.9 Å². The van der Waals surface area contributed by atoms with E-state index in [1.165, 1.54) is 19.3 Å². The van der Waals surface area contributed by atoms with Gasteiger partial charge in [0.2, 0.25) is 3.79 Å². The van der Waals surface area contributed by atoms with Crippen LogP contribution >= 0.6 is 46.4 Å². The smallest absolute Gasteiger partial charge is 0.253 e. The van der Waals surface area contributed by atoms with E-state index in [1.807, 2.05) is 0 Å². The van der Waals surface area contributed by atoms with Crippen molar-refractivity contribution < 1.29 is 9.53 Å². The van der Waals surface area contributed by atoms with Crippen LogP contribution in [0.15, 0.2) is 24.3 Å². The number of piperidine rings is 2. The third kappa shape index (κ3) is 5.88. The maximum atomic E-state index is 12.5. The van der Waals surface area contributed by atoms with Crippen LogP contribution in [-0.4, -0.2) is 46.6 Å². The van der Waals surface area contributed by atoms with E-state index in [0.29, 0.717) is 29.2 Å². The molecule has 150 valence electrons. The Morgan fingerprint density at radius 2 is 2.00 bits per heavy atom. The van der Waals surface area contributed by atoms with Crippen LogP contribution in [-0.2, 0) is 4.74 Å². The Morgan fingerprint density at radius 3 is 2.74 bits per heavy atom. The number of carbonyl (C=O) groups excluding carboxylic acids is 1. The number of nitrogens with one attached hydrogen (secondary N) is 1. The van der Waals surface area contributed by atoms with Crippen LogP contribution in [0.4, 0.5) is 0 Å². The molecule has 0 aliphatic carbocycles. The highest BCUT2D eigenvalue weighted by molar-refractivity contribution is 6.68. The van der Waals surface area contributed by atoms with Crippen molar-refractivity contribution in [3.8, 4) is 0 Å². The van der Waals surface area contributed by atoms with Gasteiger partial charge in [-0.15, -0.1) is 0 Å². The Morgan fingerprint density at radius 1 is 1.22 bits per heavy atom. The molecule has 0 unspecified atom stereocenters. The van der Waals surface area contributed by atoms with E-state index in [9.17, 15) is 4.79 Å². The molecule has 4 nitrogen and oxygen atoms in total. The molecule has 0 radical (unpaired) electrons. The standard InChI is InChI=1S/C19H24Cl4N2O2/c20-15-7-3-5-13(11-15)17(26)24-18(19(21,22)23)27-12-14-6-4-10-25-9-2-1-8-16(14)25/h3,5,7,11,14,16,18H,1-2,4,6,8-10,12H2,(H,24,26)/t14-,16-,18-/m1/s1. The van der Waals surface area contributed by atoms with Gasteiger partial charge in [0.15, 0.2) is 6.23 Å². The Bertz CT molecular complexity index is 651. The van der Waals surface area contributed by atoms with Gasteiger partial charge in [-0.2, -0.15) is 0 Å². The van der Waals surface area contributed by atoms with Crippen molar-refractivity contribution in [3.05, 3.63) is 34.9 Å². The number of benzene rings is 1. The van der Waals surface area contributed by atoms with Gasteiger partial charge in [0.05, 0.1) is 6.61 Å². The Hall–Kier alpha value is -0.230. The van der Waals surface area contributed by atoms with Gasteiger partial charge in [0, 0.05) is 16.6 Å². The topological polar surface area (TPSA) is 41.6 Å². The first kappa shape index (κ1) is 21.5. The summed E-state index contributed by atoms with van der Waals surface area (Å²) < 4.78 is 4.16. The van der Waals surface area contributed by atoms with E-state index in [1.54, 1.807) is 24.3 Å². The second kappa shape index (κ2) is 9.51. The summed E-state index contributed by atoms with van der Waals surface area (Å²) in [5.41, 5.74) is 0.390. The largest absolute Gasteiger partial charge is 0.354 e. The normalized spacial score (nSPS) is 24.9. The van der Waals surface area contributed by atoms with Gasteiger partial charge in [-0.25, -0.2) is 0 Å². The van der Waals surface area contributed by atoms with Crippen LogP contribution in [0.5, 0.6) is 0 Å². The van der Waals surface area contributed by atoms with Crippen molar-refractivity contribution >= 4 is 52.3 Å². The summed E-state index contributed by atoms with van der Waals surface area (Å²) in [5, 5.41) is 3.15. The van der Waals surface area contributed by atoms with Gasteiger partial charge >= 0.3 is 0 Å². The number of hydrogen-bond donors (Lipinski definition) is 1. The number of alkyl halides is 3. The first-order valence-electron chi connectivity index (χ1n) is 9.33. The van der Waals surface area contributed by atoms with E-state index in [-0.39, 0.29) is 0 Å². The minimum atomic E-state index is -1.77. The summed E-state index contributed by atoms with van der Waals surface area (Å²) >= 11 is 24.2. The summed E-state index contributed by atoms with van der Waals surface area (Å²) in [6.45, 7) is 2.76. The summed E-state index contributed by atoms with van der Waals surface area (Å²) in [6.07, 6.45) is 4.90. The Kier molecular flexibility index (Phi) is 7.57. The van der Waals surface area contributed by atoms with Crippen LogP contribution in [0.2, 0.25) is 5.02 Å². The zero-order valence-electron chi connectivity index (χ0n) is 15.0. The number of amides is 1. The van der Waals surface area contributed by atoms with Crippen molar-refractivity contribution in [2.75, 3.05) is 19.7 Å². The molecule has 2 aliphatic rings. The summed E-state index contributed by atoms with van der Waals surface area (Å²) in [7, 11) is 0. The lowest BCUT2D eigenvalue weighted by atomic mass is 9.84. The average Bonchev–Trinajstić information content (AvgIpc) is 2.64. The van der Waals surface area contributed by atoms with Crippen LogP contribution in [0.3, 0.4) is 0 Å². The van der Waals surface area contributed by atoms with Crippen molar-refractivity contribution in [3.63, 3.8) is 0 Å². The van der Waals surface area contributed by atoms with E-state index in [0.717, 1.165) is 25.9 Å². The molecule has 2 aliphatic heterocycles. The molecule has 3 rings (SSSR count). The zero-order valence-corrected chi connectivity index (χ0v) is 18.0. The number of carbonyl (C=O) groups is 1. The van der Waals surface area contributed by atoms with E-state index in [2.05, 4.69) is 10.2 Å². The van der Waals surface area contributed by atoms with Crippen LogP contribution < -0.4 is 5.32 Å². The molecule has 1 amide bonds. The minimum Gasteiger partial charge on any atom is -0.354 e. The van der Waals surface area contributed by atoms with E-state index in [4.69, 9.17) is 51.1 Å². The van der Waals surface area contributed by atoms with Crippen molar-refractivity contribution in [1.29, 1.82) is 0 Å². The third-order valence-corrected chi connectivity index (χ3v) is 6.18. The molecule has 1 N–H and O–H groups in total. The van der Waals surface area contributed by atoms with Gasteiger partial charge in [-0.1, -0.05) is 58.9 Å². The molecule has 8 heteroatoms. The number of hydrogen-bond acceptors (Lipinski definition) is 3. The van der Waals surface area contributed by atoms with Gasteiger partial charge in [0.25, 0.3) is 5.91 Å². The molecule has 1 aromatic rings. The number of fused-ring (bicyclic) bond motifs is 1. The van der Waals surface area contributed by atoms with Gasteiger partial charge in [-0.3, -0.25) is 4.79 Å². The number of halogens is 4. The Labute approximate surface area is 180 Å². The molecule has 2 saturated heterocycles. The fourth-order valence-electron chi connectivity index (χ4n) is 4.04. The molecular formula is C19H24Cl4N2O2. The second-order valence-electron chi connectivity index (χ2n) is 7.24. The van der Waals surface area contributed by atoms with E-state index >= 15 is 0 Å². The first-order valence-corrected chi connectivity index (χ1v) is 10.8. The zero-order chi connectivity index (χ0) is 19.4. The predicted octanol–water partition coefficient (Wildman–Crippen LogP) is 5.05. The predicted molar refractivity (Wildman–Crippen MR) is 111 cm³/mol. The molecule has 0 aromatic heterocycles. The number of rotatable bonds is 5. The first-order chi connectivity index (χ1) is 12.8. The molecule has 2 heterocycles. The van der Waals surface area contributed by atoms with Crippen LogP contribution in [0.25, 0.3) is 0 Å². The highest BCUT2D eigenvalue weighted by Gasteiger charge is 2.38. The van der Waals surface area contributed by atoms with Crippen molar-refractivity contribution in [2.24, 2.45) is 5.92 Å².